The van der Waals surface area contributed by atoms with Gasteiger partial charge in [-0.3, -0.25) is 0 Å². The zero-order chi connectivity index (χ0) is 12.6. The topological polar surface area (TPSA) is 29.5 Å². The molecule has 0 radical (unpaired) electrons. The average Bonchev–Trinajstić information content (AvgIpc) is 1.97. The molecule has 0 N–H and O–H groups in total. The highest BCUT2D eigenvalue weighted by molar-refractivity contribution is 5.68. The molecule has 0 aromatic rings. The van der Waals surface area contributed by atoms with Crippen LogP contribution in [0.5, 0.6) is 0 Å². The minimum atomic E-state index is -2.65. The van der Waals surface area contributed by atoms with E-state index in [1.165, 1.54) is 4.90 Å². The van der Waals surface area contributed by atoms with Gasteiger partial charge in [0, 0.05) is 25.4 Å². The Morgan fingerprint density at radius 2 is 2.00 bits per heavy atom. The third kappa shape index (κ3) is 3.61. The molecule has 0 aromatic heterocycles. The second-order valence-corrected chi connectivity index (χ2v) is 5.33. The van der Waals surface area contributed by atoms with Crippen LogP contribution in [0.15, 0.2) is 0 Å². The van der Waals surface area contributed by atoms with Gasteiger partial charge in [0.2, 0.25) is 0 Å². The highest BCUT2D eigenvalue weighted by Gasteiger charge is 2.41. The Hall–Kier alpha value is -0.870. The van der Waals surface area contributed by atoms with Crippen molar-refractivity contribution >= 4 is 6.09 Å². The van der Waals surface area contributed by atoms with Crippen LogP contribution in [-0.2, 0) is 4.74 Å². The van der Waals surface area contributed by atoms with E-state index < -0.39 is 23.7 Å². The first kappa shape index (κ1) is 13.2. The number of amides is 1. The van der Waals surface area contributed by atoms with Crippen molar-refractivity contribution in [3.63, 3.8) is 0 Å². The number of carbonyl (C=O) groups excluding carboxylic acids is 1. The summed E-state index contributed by atoms with van der Waals surface area (Å²) in [5.74, 6) is -2.65. The van der Waals surface area contributed by atoms with Gasteiger partial charge in [-0.2, -0.15) is 0 Å². The van der Waals surface area contributed by atoms with Crippen LogP contribution in [0.1, 0.15) is 40.5 Å². The van der Waals surface area contributed by atoms with Crippen LogP contribution in [0.3, 0.4) is 0 Å². The molecule has 0 aromatic carbocycles. The smallest absolute Gasteiger partial charge is 0.410 e. The van der Waals surface area contributed by atoms with Gasteiger partial charge in [0.1, 0.15) is 5.60 Å². The van der Waals surface area contributed by atoms with E-state index in [0.717, 1.165) is 0 Å². The van der Waals surface area contributed by atoms with Crippen molar-refractivity contribution in [3.8, 4) is 0 Å². The lowest BCUT2D eigenvalue weighted by Gasteiger charge is -2.38. The Kier molecular flexibility index (Phi) is 3.45. The third-order valence-electron chi connectivity index (χ3n) is 2.47. The van der Waals surface area contributed by atoms with Gasteiger partial charge in [-0.05, 0) is 27.7 Å². The van der Waals surface area contributed by atoms with Crippen molar-refractivity contribution < 1.29 is 18.3 Å². The summed E-state index contributed by atoms with van der Waals surface area (Å²) >= 11 is 0. The third-order valence-corrected chi connectivity index (χ3v) is 2.47. The fourth-order valence-corrected chi connectivity index (χ4v) is 1.74. The standard InChI is InChI=1S/C11H19F2NO2/c1-8-7-11(12,13)5-6-14(8)9(15)16-10(2,3)4/h8H,5-7H2,1-4H3/t8-/m1/s1. The van der Waals surface area contributed by atoms with Crippen molar-refractivity contribution in [2.45, 2.75) is 58.1 Å². The Morgan fingerprint density at radius 3 is 2.44 bits per heavy atom. The Morgan fingerprint density at radius 1 is 1.44 bits per heavy atom. The molecular weight excluding hydrogens is 216 g/mol. The first-order chi connectivity index (χ1) is 7.11. The second-order valence-electron chi connectivity index (χ2n) is 5.33. The lowest BCUT2D eigenvalue weighted by molar-refractivity contribution is -0.0764. The van der Waals surface area contributed by atoms with Crippen molar-refractivity contribution in [3.05, 3.63) is 0 Å². The van der Waals surface area contributed by atoms with Gasteiger partial charge >= 0.3 is 6.09 Å². The number of halogens is 2. The Balaban J connectivity index is 2.59. The molecule has 1 fully saturated rings. The second kappa shape index (κ2) is 4.18. The summed E-state index contributed by atoms with van der Waals surface area (Å²) in [6.45, 7) is 6.95. The van der Waals surface area contributed by atoms with Crippen LogP contribution in [-0.4, -0.2) is 35.1 Å². The number of piperidine rings is 1. The van der Waals surface area contributed by atoms with Gasteiger partial charge in [-0.1, -0.05) is 0 Å². The van der Waals surface area contributed by atoms with Gasteiger partial charge < -0.3 is 9.64 Å². The van der Waals surface area contributed by atoms with E-state index in [2.05, 4.69) is 0 Å². The maximum atomic E-state index is 13.1. The van der Waals surface area contributed by atoms with Gasteiger partial charge in [-0.25, -0.2) is 13.6 Å². The largest absolute Gasteiger partial charge is 0.444 e. The van der Waals surface area contributed by atoms with Gasteiger partial charge in [0.15, 0.2) is 0 Å². The van der Waals surface area contributed by atoms with Crippen LogP contribution in [0.2, 0.25) is 0 Å². The minimum absolute atomic E-state index is 0.0586. The monoisotopic (exact) mass is 235 g/mol. The van der Waals surface area contributed by atoms with E-state index in [-0.39, 0.29) is 19.4 Å². The minimum Gasteiger partial charge on any atom is -0.444 e. The number of nitrogens with zero attached hydrogens (tertiary/aromatic N) is 1. The van der Waals surface area contributed by atoms with E-state index >= 15 is 0 Å². The summed E-state index contributed by atoms with van der Waals surface area (Å²) in [6.07, 6.45) is -1.07. The molecular formula is C11H19F2NO2. The lowest BCUT2D eigenvalue weighted by atomic mass is 10.0. The molecule has 0 bridgehead atoms. The van der Waals surface area contributed by atoms with E-state index in [4.69, 9.17) is 4.74 Å². The number of hydrogen-bond acceptors (Lipinski definition) is 2. The van der Waals surface area contributed by atoms with Crippen LogP contribution in [0.25, 0.3) is 0 Å². The summed E-state index contributed by atoms with van der Waals surface area (Å²) in [4.78, 5) is 13.1. The van der Waals surface area contributed by atoms with Crippen LogP contribution < -0.4 is 0 Å². The fraction of sp³-hybridized carbons (Fsp3) is 0.909. The van der Waals surface area contributed by atoms with E-state index in [9.17, 15) is 13.6 Å². The highest BCUT2D eigenvalue weighted by Crippen LogP contribution is 2.32. The molecule has 5 heteroatoms. The normalized spacial score (nSPS) is 25.4. The first-order valence-corrected chi connectivity index (χ1v) is 5.48. The molecule has 1 aliphatic heterocycles. The van der Waals surface area contributed by atoms with Crippen molar-refractivity contribution in [2.75, 3.05) is 6.54 Å². The molecule has 1 aliphatic rings. The Labute approximate surface area is 94.7 Å². The molecule has 0 saturated carbocycles. The molecule has 0 spiro atoms. The van der Waals surface area contributed by atoms with Crippen molar-refractivity contribution in [1.82, 2.24) is 4.90 Å². The van der Waals surface area contributed by atoms with Gasteiger partial charge in [0.25, 0.3) is 5.92 Å². The van der Waals surface area contributed by atoms with E-state index in [0.29, 0.717) is 0 Å². The van der Waals surface area contributed by atoms with Gasteiger partial charge in [0.05, 0.1) is 0 Å². The zero-order valence-corrected chi connectivity index (χ0v) is 10.2. The van der Waals surface area contributed by atoms with E-state index in [1.807, 2.05) is 0 Å². The SMILES string of the molecule is C[C@@H]1CC(F)(F)CCN1C(=O)OC(C)(C)C. The number of likely N-dealkylation sites (tertiary alicyclic amines) is 1. The molecule has 94 valence electrons. The lowest BCUT2D eigenvalue weighted by Crippen LogP contribution is -2.49. The van der Waals surface area contributed by atoms with E-state index in [1.54, 1.807) is 27.7 Å². The molecule has 0 aliphatic carbocycles. The Bertz CT molecular complexity index is 274. The zero-order valence-electron chi connectivity index (χ0n) is 10.2. The summed E-state index contributed by atoms with van der Waals surface area (Å²) < 4.78 is 31.3. The quantitative estimate of drug-likeness (QED) is 0.646. The van der Waals surface area contributed by atoms with Crippen molar-refractivity contribution in [2.24, 2.45) is 0 Å². The molecule has 0 unspecified atom stereocenters. The molecule has 16 heavy (non-hydrogen) atoms. The number of rotatable bonds is 0. The van der Waals surface area contributed by atoms with Crippen LogP contribution in [0.4, 0.5) is 13.6 Å². The van der Waals surface area contributed by atoms with Gasteiger partial charge in [-0.15, -0.1) is 0 Å². The highest BCUT2D eigenvalue weighted by atomic mass is 19.3. The molecule has 1 heterocycles. The molecule has 1 rings (SSSR count). The van der Waals surface area contributed by atoms with Crippen LogP contribution in [0, 0.1) is 0 Å². The van der Waals surface area contributed by atoms with Crippen molar-refractivity contribution in [1.29, 1.82) is 0 Å². The summed E-state index contributed by atoms with van der Waals surface area (Å²) in [7, 11) is 0. The summed E-state index contributed by atoms with van der Waals surface area (Å²) in [5, 5.41) is 0. The molecule has 1 amide bonds. The summed E-state index contributed by atoms with van der Waals surface area (Å²) in [5.41, 5.74) is -0.587. The molecule has 1 atom stereocenters. The average molecular weight is 235 g/mol. The first-order valence-electron chi connectivity index (χ1n) is 5.48. The number of alkyl halides is 2. The summed E-state index contributed by atoms with van der Waals surface area (Å²) in [6, 6.07) is -0.474. The predicted molar refractivity (Wildman–Crippen MR) is 56.6 cm³/mol. The van der Waals surface area contributed by atoms with Crippen LogP contribution >= 0.6 is 0 Å². The number of carbonyl (C=O) groups is 1. The molecule has 3 nitrogen and oxygen atoms in total. The number of ether oxygens (including phenoxy) is 1. The maximum Gasteiger partial charge on any atom is 0.410 e. The molecule has 1 saturated heterocycles. The number of hydrogen-bond donors (Lipinski definition) is 0. The predicted octanol–water partition coefficient (Wildman–Crippen LogP) is 3.04. The maximum absolute atomic E-state index is 13.1. The fourth-order valence-electron chi connectivity index (χ4n) is 1.74.